The smallest absolute Gasteiger partial charge is 0.410 e. The van der Waals surface area contributed by atoms with Crippen molar-refractivity contribution in [3.8, 4) is 0 Å². The normalized spacial score (nSPS) is 24.7. The van der Waals surface area contributed by atoms with E-state index in [1.807, 2.05) is 13.8 Å². The quantitative estimate of drug-likeness (QED) is 0.251. The monoisotopic (exact) mass is 624 g/mol. The molecular formula is C33H45F5N2O2Si. The van der Waals surface area contributed by atoms with Crippen molar-refractivity contribution in [2.75, 3.05) is 0 Å². The van der Waals surface area contributed by atoms with E-state index in [-0.39, 0.29) is 48.2 Å². The zero-order chi connectivity index (χ0) is 32.0. The second kappa shape index (κ2) is 10.3. The Balaban J connectivity index is 1.77. The Kier molecular flexibility index (Phi) is 7.78. The molecule has 4 nitrogen and oxygen atoms in total. The van der Waals surface area contributed by atoms with Gasteiger partial charge in [0.2, 0.25) is 5.92 Å². The van der Waals surface area contributed by atoms with E-state index in [0.717, 1.165) is 46.8 Å². The van der Waals surface area contributed by atoms with E-state index in [2.05, 4.69) is 52.7 Å². The van der Waals surface area contributed by atoms with Gasteiger partial charge in [-0.15, -0.1) is 0 Å². The Morgan fingerprint density at radius 1 is 1.00 bits per heavy atom. The minimum Gasteiger partial charge on any atom is -0.410 e. The number of halogens is 5. The Hall–Kier alpha value is -1.91. The third-order valence-electron chi connectivity index (χ3n) is 10.1. The molecule has 1 fully saturated rings. The largest absolute Gasteiger partial charge is 0.417 e. The molecule has 5 rings (SSSR count). The van der Waals surface area contributed by atoms with Crippen LogP contribution in [0, 0.1) is 5.41 Å². The topological polar surface area (TPSA) is 44.2 Å². The third-order valence-corrected chi connectivity index (χ3v) is 14.6. The van der Waals surface area contributed by atoms with Crippen LogP contribution in [0.25, 0.3) is 0 Å². The van der Waals surface area contributed by atoms with Gasteiger partial charge in [0.05, 0.1) is 23.0 Å². The molecule has 0 aromatic carbocycles. The minimum absolute atomic E-state index is 0.0374. The van der Waals surface area contributed by atoms with Gasteiger partial charge < -0.3 is 9.16 Å². The van der Waals surface area contributed by atoms with Crippen molar-refractivity contribution >= 4 is 8.32 Å². The van der Waals surface area contributed by atoms with Crippen molar-refractivity contribution in [1.82, 2.24) is 9.97 Å². The molecule has 238 valence electrons. The van der Waals surface area contributed by atoms with E-state index in [4.69, 9.17) is 14.1 Å². The van der Waals surface area contributed by atoms with Crippen LogP contribution in [0.2, 0.25) is 18.1 Å². The number of aromatic nitrogens is 2. The number of hydrogen-bond acceptors (Lipinski definition) is 4. The second-order valence-corrected chi connectivity index (χ2v) is 20.3. The highest BCUT2D eigenvalue weighted by molar-refractivity contribution is 6.74. The molecule has 1 spiro atoms. The molecule has 0 unspecified atom stereocenters. The zero-order valence-corrected chi connectivity index (χ0v) is 27.8. The summed E-state index contributed by atoms with van der Waals surface area (Å²) >= 11 is 0. The van der Waals surface area contributed by atoms with Crippen molar-refractivity contribution < 1.29 is 31.1 Å². The number of hydrogen-bond donors (Lipinski definition) is 0. The highest BCUT2D eigenvalue weighted by Crippen LogP contribution is 2.61. The first-order chi connectivity index (χ1) is 19.6. The van der Waals surface area contributed by atoms with E-state index < -0.39 is 37.7 Å². The zero-order valence-electron chi connectivity index (χ0n) is 26.8. The fraction of sp³-hybridized carbons (Fsp3) is 0.697. The molecule has 2 aromatic heterocycles. The summed E-state index contributed by atoms with van der Waals surface area (Å²) in [5.41, 5.74) is 2.65. The molecule has 2 aliphatic carbocycles. The molecule has 0 saturated heterocycles. The molecule has 1 aliphatic heterocycles. The maximum atomic E-state index is 14.7. The van der Waals surface area contributed by atoms with Gasteiger partial charge in [-0.2, -0.15) is 13.2 Å². The van der Waals surface area contributed by atoms with Gasteiger partial charge in [-0.05, 0) is 72.8 Å². The molecule has 2 aromatic rings. The summed E-state index contributed by atoms with van der Waals surface area (Å²) < 4.78 is 83.6. The number of rotatable bonds is 4. The molecule has 3 heterocycles. The van der Waals surface area contributed by atoms with Gasteiger partial charge in [0.15, 0.2) is 8.32 Å². The van der Waals surface area contributed by atoms with E-state index in [1.165, 1.54) is 6.07 Å². The van der Waals surface area contributed by atoms with Crippen LogP contribution >= 0.6 is 0 Å². The standard InChI is InChI=1S/C33H45F5N2O2Si/c1-19(2)27-25-26(24-22(40-27)16-30(6,7)17-23(24)42-43(8,9)29(3,4)5)31(12-14-32(34,35)15-13-31)41-28(25)21-11-10-20(18-39-21)33(36,37)38/h10-11,18-19,23,28H,12-17H2,1-9H3/t23-,28-/m0/s1. The average Bonchev–Trinajstić information content (AvgIpc) is 3.18. The summed E-state index contributed by atoms with van der Waals surface area (Å²) in [7, 11) is -2.29. The van der Waals surface area contributed by atoms with Crippen LogP contribution in [0.5, 0.6) is 0 Å². The van der Waals surface area contributed by atoms with E-state index in [9.17, 15) is 22.0 Å². The predicted octanol–water partition coefficient (Wildman–Crippen LogP) is 10.2. The Morgan fingerprint density at radius 3 is 2.14 bits per heavy atom. The van der Waals surface area contributed by atoms with Gasteiger partial charge in [-0.3, -0.25) is 9.97 Å². The second-order valence-electron chi connectivity index (χ2n) is 15.5. The van der Waals surface area contributed by atoms with Gasteiger partial charge in [0, 0.05) is 41.6 Å². The Morgan fingerprint density at radius 2 is 1.63 bits per heavy atom. The third kappa shape index (κ3) is 5.92. The highest BCUT2D eigenvalue weighted by Gasteiger charge is 2.56. The minimum atomic E-state index is -4.53. The van der Waals surface area contributed by atoms with Crippen LogP contribution in [0.1, 0.15) is 138 Å². The van der Waals surface area contributed by atoms with E-state index in [1.54, 1.807) is 0 Å². The fourth-order valence-corrected chi connectivity index (χ4v) is 8.06. The first-order valence-corrected chi connectivity index (χ1v) is 18.3. The predicted molar refractivity (Wildman–Crippen MR) is 159 cm³/mol. The van der Waals surface area contributed by atoms with Crippen LogP contribution in [0.3, 0.4) is 0 Å². The van der Waals surface area contributed by atoms with Crippen molar-refractivity contribution in [3.63, 3.8) is 0 Å². The summed E-state index contributed by atoms with van der Waals surface area (Å²) in [6, 6.07) is 2.36. The van der Waals surface area contributed by atoms with Crippen molar-refractivity contribution in [2.24, 2.45) is 5.41 Å². The number of pyridine rings is 2. The van der Waals surface area contributed by atoms with Crippen LogP contribution in [0.4, 0.5) is 22.0 Å². The Labute approximate surface area is 253 Å². The molecule has 10 heteroatoms. The van der Waals surface area contributed by atoms with Gasteiger partial charge >= 0.3 is 6.18 Å². The number of nitrogens with zero attached hydrogens (tertiary/aromatic N) is 2. The van der Waals surface area contributed by atoms with Crippen LogP contribution in [-0.4, -0.2) is 24.2 Å². The lowest BCUT2D eigenvalue weighted by molar-refractivity contribution is -0.142. The number of ether oxygens (including phenoxy) is 1. The lowest BCUT2D eigenvalue weighted by Gasteiger charge is -2.46. The average molecular weight is 625 g/mol. The first kappa shape index (κ1) is 32.5. The lowest BCUT2D eigenvalue weighted by atomic mass is 9.68. The summed E-state index contributed by atoms with van der Waals surface area (Å²) in [5.74, 6) is -2.84. The van der Waals surface area contributed by atoms with Gasteiger partial charge in [-0.25, -0.2) is 8.78 Å². The van der Waals surface area contributed by atoms with Crippen molar-refractivity contribution in [2.45, 2.75) is 141 Å². The molecular weight excluding hydrogens is 579 g/mol. The Bertz CT molecular complexity index is 1370. The number of fused-ring (bicyclic) bond motifs is 4. The van der Waals surface area contributed by atoms with Gasteiger partial charge in [-0.1, -0.05) is 48.5 Å². The van der Waals surface area contributed by atoms with Crippen LogP contribution < -0.4 is 0 Å². The van der Waals surface area contributed by atoms with E-state index >= 15 is 0 Å². The lowest BCUT2D eigenvalue weighted by Crippen LogP contribution is -2.45. The fourth-order valence-electron chi connectivity index (χ4n) is 6.79. The van der Waals surface area contributed by atoms with Crippen molar-refractivity contribution in [1.29, 1.82) is 0 Å². The molecule has 0 amide bonds. The number of alkyl halides is 5. The molecule has 0 N–H and O–H groups in total. The molecule has 0 bridgehead atoms. The van der Waals surface area contributed by atoms with E-state index in [0.29, 0.717) is 12.1 Å². The van der Waals surface area contributed by atoms with Crippen molar-refractivity contribution in [3.05, 3.63) is 57.7 Å². The first-order valence-electron chi connectivity index (χ1n) is 15.4. The SMILES string of the molecule is CC(C)c1nc2c(c3c1[C@H](c1ccc(C(F)(F)F)cn1)OC31CCC(F)(F)CC1)[C@@H](O[Si](C)(C)C(C)(C)C)CC(C)(C)C2. The molecule has 3 aliphatic rings. The van der Waals surface area contributed by atoms with Gasteiger partial charge in [0.1, 0.15) is 6.10 Å². The molecule has 0 radical (unpaired) electrons. The maximum absolute atomic E-state index is 14.7. The highest BCUT2D eigenvalue weighted by atomic mass is 28.4. The summed E-state index contributed by atoms with van der Waals surface area (Å²) in [6.07, 6.45) is -3.81. The summed E-state index contributed by atoms with van der Waals surface area (Å²) in [6.45, 7) is 19.5. The maximum Gasteiger partial charge on any atom is 0.417 e. The molecule has 43 heavy (non-hydrogen) atoms. The van der Waals surface area contributed by atoms with Crippen LogP contribution in [0.15, 0.2) is 18.3 Å². The van der Waals surface area contributed by atoms with Crippen LogP contribution in [-0.2, 0) is 27.4 Å². The molecule has 2 atom stereocenters. The summed E-state index contributed by atoms with van der Waals surface area (Å²) in [4.78, 5) is 9.49. The summed E-state index contributed by atoms with van der Waals surface area (Å²) in [5, 5.41) is -0.0585. The van der Waals surface area contributed by atoms with Gasteiger partial charge in [0.25, 0.3) is 0 Å². The molecule has 1 saturated carbocycles.